The fourth-order valence-corrected chi connectivity index (χ4v) is 4.59. The van der Waals surface area contributed by atoms with Crippen molar-refractivity contribution in [2.75, 3.05) is 11.6 Å². The third-order valence-corrected chi connectivity index (χ3v) is 6.21. The van der Waals surface area contributed by atoms with Crippen LogP contribution in [-0.4, -0.2) is 30.7 Å². The molecular formula is C18H17FN2O5S2. The van der Waals surface area contributed by atoms with Gasteiger partial charge >= 0.3 is 0 Å². The Balaban J connectivity index is 1.87. The van der Waals surface area contributed by atoms with Gasteiger partial charge in [0, 0.05) is 40.5 Å². The minimum absolute atomic E-state index is 0.0529. The van der Waals surface area contributed by atoms with Crippen molar-refractivity contribution in [3.63, 3.8) is 0 Å². The lowest BCUT2D eigenvalue weighted by molar-refractivity contribution is -0.116. The summed E-state index contributed by atoms with van der Waals surface area (Å²) in [5.74, 6) is -2.05. The zero-order valence-electron chi connectivity index (χ0n) is 14.8. The second-order valence-electron chi connectivity index (χ2n) is 6.34. The predicted octanol–water partition coefficient (Wildman–Crippen LogP) is 1.71. The van der Waals surface area contributed by atoms with Gasteiger partial charge in [-0.1, -0.05) is 12.1 Å². The minimum atomic E-state index is -4.47. The monoisotopic (exact) mass is 424 g/mol. The Morgan fingerprint density at radius 2 is 2.00 bits per heavy atom. The van der Waals surface area contributed by atoms with Crippen LogP contribution in [-0.2, 0) is 37.8 Å². The number of amides is 2. The van der Waals surface area contributed by atoms with E-state index in [4.69, 9.17) is 0 Å². The van der Waals surface area contributed by atoms with Gasteiger partial charge in [-0.2, -0.15) is 0 Å². The maximum atomic E-state index is 14.3. The number of hydrogen-bond acceptors (Lipinski definition) is 5. The van der Waals surface area contributed by atoms with Crippen LogP contribution in [0.2, 0.25) is 0 Å². The molecule has 0 bridgehead atoms. The zero-order valence-corrected chi connectivity index (χ0v) is 16.5. The number of benzene rings is 2. The van der Waals surface area contributed by atoms with Gasteiger partial charge in [-0.15, -0.1) is 0 Å². The topological polar surface area (TPSA) is 109 Å². The van der Waals surface area contributed by atoms with Crippen LogP contribution in [0.15, 0.2) is 41.3 Å². The molecule has 2 amide bonds. The van der Waals surface area contributed by atoms with E-state index in [9.17, 15) is 26.6 Å². The van der Waals surface area contributed by atoms with E-state index in [1.807, 2.05) is 4.72 Å². The van der Waals surface area contributed by atoms with Crippen molar-refractivity contribution in [1.82, 2.24) is 4.72 Å². The van der Waals surface area contributed by atoms with Crippen molar-refractivity contribution >= 4 is 38.3 Å². The Labute approximate surface area is 163 Å². The molecule has 7 nitrogen and oxygen atoms in total. The Morgan fingerprint density at radius 3 is 2.71 bits per heavy atom. The van der Waals surface area contributed by atoms with E-state index in [1.165, 1.54) is 18.4 Å². The summed E-state index contributed by atoms with van der Waals surface area (Å²) in [7, 11) is -5.59. The zero-order chi connectivity index (χ0) is 20.5. The van der Waals surface area contributed by atoms with E-state index in [2.05, 4.69) is 5.32 Å². The van der Waals surface area contributed by atoms with E-state index in [-0.39, 0.29) is 35.8 Å². The lowest BCUT2D eigenvalue weighted by Crippen LogP contribution is -2.31. The van der Waals surface area contributed by atoms with Gasteiger partial charge in [0.1, 0.15) is 10.7 Å². The number of halogens is 1. The number of carbonyl (C=O) groups is 2. The van der Waals surface area contributed by atoms with E-state index in [0.29, 0.717) is 11.1 Å². The van der Waals surface area contributed by atoms with Gasteiger partial charge in [-0.3, -0.25) is 13.8 Å². The van der Waals surface area contributed by atoms with Crippen LogP contribution >= 0.6 is 0 Å². The maximum absolute atomic E-state index is 14.3. The molecule has 0 aromatic heterocycles. The molecule has 1 aliphatic rings. The molecule has 1 unspecified atom stereocenters. The maximum Gasteiger partial charge on any atom is 0.267 e. The first-order valence-electron chi connectivity index (χ1n) is 8.24. The molecule has 1 heterocycles. The number of carbonyl (C=O) groups excluding carboxylic acids is 2. The van der Waals surface area contributed by atoms with Crippen molar-refractivity contribution in [3.05, 3.63) is 58.9 Å². The van der Waals surface area contributed by atoms with Crippen LogP contribution in [0, 0.1) is 5.82 Å². The normalized spacial score (nSPS) is 14.7. The average molecular weight is 424 g/mol. The molecule has 0 saturated carbocycles. The number of hydrogen-bond donors (Lipinski definition) is 2. The van der Waals surface area contributed by atoms with E-state index in [0.717, 1.165) is 12.1 Å². The predicted molar refractivity (Wildman–Crippen MR) is 102 cm³/mol. The number of rotatable bonds is 5. The molecular weight excluding hydrogens is 407 g/mol. The Bertz CT molecular complexity index is 1100. The summed E-state index contributed by atoms with van der Waals surface area (Å²) in [6.45, 7) is 0. The Kier molecular flexibility index (Phi) is 5.61. The summed E-state index contributed by atoms with van der Waals surface area (Å²) in [5.41, 5.74) is 1.36. The highest BCUT2D eigenvalue weighted by Crippen LogP contribution is 2.28. The first-order valence-corrected chi connectivity index (χ1v) is 11.4. The second kappa shape index (κ2) is 7.80. The van der Waals surface area contributed by atoms with E-state index < -0.39 is 37.4 Å². The van der Waals surface area contributed by atoms with Crippen molar-refractivity contribution in [2.45, 2.75) is 23.5 Å². The van der Waals surface area contributed by atoms with E-state index >= 15 is 0 Å². The molecule has 0 spiro atoms. The first-order chi connectivity index (χ1) is 13.2. The second-order valence-corrected chi connectivity index (χ2v) is 9.43. The van der Waals surface area contributed by atoms with Crippen molar-refractivity contribution in [2.24, 2.45) is 0 Å². The van der Waals surface area contributed by atoms with Gasteiger partial charge in [0.25, 0.3) is 15.9 Å². The van der Waals surface area contributed by atoms with Crippen LogP contribution in [0.25, 0.3) is 0 Å². The SMILES string of the molecule is CS(=O)Cc1cccc(C(=O)NS(=O)(=O)c2cc3c(cc2F)NC(=O)CC3)c1. The highest BCUT2D eigenvalue weighted by molar-refractivity contribution is 7.90. The molecule has 3 rings (SSSR count). The number of anilines is 1. The molecule has 1 aliphatic heterocycles. The summed E-state index contributed by atoms with van der Waals surface area (Å²) in [5, 5.41) is 2.48. The standard InChI is InChI=1S/C18H17FN2O5S2/c1-27(24)10-11-3-2-4-13(7-11)18(23)21-28(25,26)16-8-12-5-6-17(22)20-15(12)9-14(16)19/h2-4,7-9H,5-6,10H2,1H3,(H,20,22)(H,21,23). The third-order valence-electron chi connectivity index (χ3n) is 4.13. The van der Waals surface area contributed by atoms with Gasteiger partial charge in [0.15, 0.2) is 0 Å². The summed E-state index contributed by atoms with van der Waals surface area (Å²) < 4.78 is 52.6. The van der Waals surface area contributed by atoms with E-state index in [1.54, 1.807) is 12.1 Å². The third kappa shape index (κ3) is 4.45. The molecule has 2 aromatic rings. The summed E-state index contributed by atoms with van der Waals surface area (Å²) in [6, 6.07) is 8.12. The molecule has 28 heavy (non-hydrogen) atoms. The minimum Gasteiger partial charge on any atom is -0.326 e. The largest absolute Gasteiger partial charge is 0.326 e. The van der Waals surface area contributed by atoms with Crippen LogP contribution in [0.1, 0.15) is 27.9 Å². The summed E-state index contributed by atoms with van der Waals surface area (Å²) in [4.78, 5) is 23.1. The van der Waals surface area contributed by atoms with Gasteiger partial charge in [0.05, 0.1) is 0 Å². The number of sulfonamides is 1. The lowest BCUT2D eigenvalue weighted by Gasteiger charge is -2.18. The van der Waals surface area contributed by atoms with Crippen molar-refractivity contribution in [1.29, 1.82) is 0 Å². The highest BCUT2D eigenvalue weighted by Gasteiger charge is 2.26. The molecule has 0 fully saturated rings. The van der Waals surface area contributed by atoms with Crippen molar-refractivity contribution in [3.8, 4) is 0 Å². The van der Waals surface area contributed by atoms with Crippen LogP contribution in [0.5, 0.6) is 0 Å². The van der Waals surface area contributed by atoms with Gasteiger partial charge in [0.2, 0.25) is 5.91 Å². The Morgan fingerprint density at radius 1 is 1.25 bits per heavy atom. The molecule has 1 atom stereocenters. The van der Waals surface area contributed by atoms with Crippen LogP contribution in [0.3, 0.4) is 0 Å². The molecule has 10 heteroatoms. The smallest absolute Gasteiger partial charge is 0.267 e. The van der Waals surface area contributed by atoms with Crippen LogP contribution < -0.4 is 10.0 Å². The quantitative estimate of drug-likeness (QED) is 0.759. The van der Waals surface area contributed by atoms with Gasteiger partial charge in [-0.05, 0) is 41.8 Å². The molecule has 0 saturated heterocycles. The number of nitrogens with one attached hydrogen (secondary N) is 2. The fourth-order valence-electron chi connectivity index (χ4n) is 2.86. The van der Waals surface area contributed by atoms with Crippen LogP contribution in [0.4, 0.5) is 10.1 Å². The van der Waals surface area contributed by atoms with Gasteiger partial charge < -0.3 is 5.32 Å². The summed E-state index contributed by atoms with van der Waals surface area (Å²) in [6.07, 6.45) is 1.95. The van der Waals surface area contributed by atoms with Gasteiger partial charge in [-0.25, -0.2) is 17.5 Å². The molecule has 0 radical (unpaired) electrons. The Hall–Kier alpha value is -2.59. The number of fused-ring (bicyclic) bond motifs is 1. The average Bonchev–Trinajstić information content (AvgIpc) is 2.60. The molecule has 148 valence electrons. The fraction of sp³-hybridized carbons (Fsp3) is 0.222. The first kappa shape index (κ1) is 20.2. The number of aryl methyl sites for hydroxylation is 1. The molecule has 2 aromatic carbocycles. The molecule has 0 aliphatic carbocycles. The lowest BCUT2D eigenvalue weighted by atomic mass is 10.0. The highest BCUT2D eigenvalue weighted by atomic mass is 32.2. The summed E-state index contributed by atoms with van der Waals surface area (Å²) >= 11 is 0. The molecule has 2 N–H and O–H groups in total. The van der Waals surface area contributed by atoms with Crippen molar-refractivity contribution < 1.29 is 26.6 Å².